The van der Waals surface area contributed by atoms with E-state index in [0.717, 1.165) is 25.9 Å². The van der Waals surface area contributed by atoms with Gasteiger partial charge in [0.25, 0.3) is 0 Å². The number of likely N-dealkylation sites (tertiary alicyclic amines) is 1. The lowest BCUT2D eigenvalue weighted by atomic mass is 10.3. The molecular formula is C11H15N3O4. The third-order valence-electron chi connectivity index (χ3n) is 2.81. The van der Waals surface area contributed by atoms with Crippen molar-refractivity contribution < 1.29 is 19.2 Å². The first-order valence-electron chi connectivity index (χ1n) is 5.84. The van der Waals surface area contributed by atoms with Gasteiger partial charge in [0.2, 0.25) is 5.91 Å². The number of carboxylic acid groups (broad SMARTS) is 1. The minimum Gasteiger partial charge on any atom is -0.476 e. The molecule has 0 radical (unpaired) electrons. The smallest absolute Gasteiger partial charge is 0.358 e. The molecule has 1 amide bonds. The molecule has 0 atom stereocenters. The molecule has 98 valence electrons. The van der Waals surface area contributed by atoms with Crippen molar-refractivity contribution in [3.05, 3.63) is 17.5 Å². The first-order valence-corrected chi connectivity index (χ1v) is 5.84. The zero-order valence-corrected chi connectivity index (χ0v) is 9.89. The standard InChI is InChI=1S/C11H15N3O4/c15-10(14-3-1-2-4-14)7-12-6-8-5-9(11(16)17)13-18-8/h5,12H,1-4,6-7H2,(H,16,17). The fourth-order valence-electron chi connectivity index (χ4n) is 1.87. The van der Waals surface area contributed by atoms with E-state index in [1.54, 1.807) is 0 Å². The number of carboxylic acids is 1. The van der Waals surface area contributed by atoms with Gasteiger partial charge in [0.15, 0.2) is 11.5 Å². The number of aromatic nitrogens is 1. The highest BCUT2D eigenvalue weighted by Crippen LogP contribution is 2.07. The molecule has 1 aromatic heterocycles. The van der Waals surface area contributed by atoms with Gasteiger partial charge in [-0.15, -0.1) is 0 Å². The summed E-state index contributed by atoms with van der Waals surface area (Å²) in [5.74, 6) is -0.662. The minimum atomic E-state index is -1.13. The molecule has 0 saturated carbocycles. The summed E-state index contributed by atoms with van der Waals surface area (Å²) in [6.45, 7) is 2.17. The second-order valence-corrected chi connectivity index (χ2v) is 4.18. The van der Waals surface area contributed by atoms with Gasteiger partial charge in [-0.3, -0.25) is 4.79 Å². The van der Waals surface area contributed by atoms with Gasteiger partial charge in [0.05, 0.1) is 13.1 Å². The quantitative estimate of drug-likeness (QED) is 0.771. The van der Waals surface area contributed by atoms with Crippen molar-refractivity contribution in [2.75, 3.05) is 19.6 Å². The Balaban J connectivity index is 1.74. The van der Waals surface area contributed by atoms with E-state index in [9.17, 15) is 9.59 Å². The number of nitrogens with one attached hydrogen (secondary N) is 1. The van der Waals surface area contributed by atoms with Crippen LogP contribution in [0.3, 0.4) is 0 Å². The summed E-state index contributed by atoms with van der Waals surface area (Å²) < 4.78 is 4.82. The monoisotopic (exact) mass is 253 g/mol. The maximum absolute atomic E-state index is 11.7. The predicted molar refractivity (Wildman–Crippen MR) is 61.0 cm³/mol. The third kappa shape index (κ3) is 3.07. The molecule has 1 aromatic rings. The van der Waals surface area contributed by atoms with Crippen LogP contribution in [0.2, 0.25) is 0 Å². The van der Waals surface area contributed by atoms with E-state index in [2.05, 4.69) is 10.5 Å². The summed E-state index contributed by atoms with van der Waals surface area (Å²) in [5, 5.41) is 14.9. The molecule has 18 heavy (non-hydrogen) atoms. The molecule has 0 aromatic carbocycles. The van der Waals surface area contributed by atoms with Crippen LogP contribution in [-0.4, -0.2) is 46.7 Å². The Morgan fingerprint density at radius 1 is 1.44 bits per heavy atom. The van der Waals surface area contributed by atoms with Crippen LogP contribution < -0.4 is 5.32 Å². The molecule has 0 unspecified atom stereocenters. The van der Waals surface area contributed by atoms with Gasteiger partial charge in [-0.05, 0) is 12.8 Å². The highest BCUT2D eigenvalue weighted by Gasteiger charge is 2.17. The fraction of sp³-hybridized carbons (Fsp3) is 0.545. The molecule has 1 saturated heterocycles. The van der Waals surface area contributed by atoms with Crippen LogP contribution in [-0.2, 0) is 11.3 Å². The largest absolute Gasteiger partial charge is 0.476 e. The average molecular weight is 253 g/mol. The molecule has 2 heterocycles. The number of carbonyl (C=O) groups excluding carboxylic acids is 1. The van der Waals surface area contributed by atoms with E-state index in [1.807, 2.05) is 4.90 Å². The topological polar surface area (TPSA) is 95.7 Å². The van der Waals surface area contributed by atoms with Crippen molar-refractivity contribution in [3.8, 4) is 0 Å². The van der Waals surface area contributed by atoms with E-state index >= 15 is 0 Å². The van der Waals surface area contributed by atoms with Gasteiger partial charge >= 0.3 is 5.97 Å². The van der Waals surface area contributed by atoms with Crippen molar-refractivity contribution in [1.29, 1.82) is 0 Å². The van der Waals surface area contributed by atoms with Crippen LogP contribution in [0.5, 0.6) is 0 Å². The molecule has 0 aliphatic carbocycles. The lowest BCUT2D eigenvalue weighted by molar-refractivity contribution is -0.129. The number of hydrogen-bond donors (Lipinski definition) is 2. The summed E-state index contributed by atoms with van der Waals surface area (Å²) in [5.41, 5.74) is -0.127. The summed E-state index contributed by atoms with van der Waals surface area (Å²) in [7, 11) is 0. The molecule has 1 fully saturated rings. The molecule has 2 rings (SSSR count). The van der Waals surface area contributed by atoms with Gasteiger partial charge in [0, 0.05) is 19.2 Å². The van der Waals surface area contributed by atoms with Gasteiger partial charge in [0.1, 0.15) is 0 Å². The Morgan fingerprint density at radius 3 is 2.78 bits per heavy atom. The number of rotatable bonds is 5. The highest BCUT2D eigenvalue weighted by atomic mass is 16.5. The van der Waals surface area contributed by atoms with Gasteiger partial charge < -0.3 is 19.8 Å². The molecule has 1 aliphatic heterocycles. The maximum atomic E-state index is 11.7. The van der Waals surface area contributed by atoms with Gasteiger partial charge in [-0.1, -0.05) is 5.16 Å². The summed E-state index contributed by atoms with van der Waals surface area (Å²) in [4.78, 5) is 24.1. The fourth-order valence-corrected chi connectivity index (χ4v) is 1.87. The van der Waals surface area contributed by atoms with Crippen LogP contribution in [0.25, 0.3) is 0 Å². The third-order valence-corrected chi connectivity index (χ3v) is 2.81. The Kier molecular flexibility index (Phi) is 3.93. The van der Waals surface area contributed by atoms with Crippen LogP contribution in [0.15, 0.2) is 10.6 Å². The second-order valence-electron chi connectivity index (χ2n) is 4.18. The summed E-state index contributed by atoms with van der Waals surface area (Å²) in [6.07, 6.45) is 2.13. The highest BCUT2D eigenvalue weighted by molar-refractivity contribution is 5.85. The zero-order chi connectivity index (χ0) is 13.0. The lowest BCUT2D eigenvalue weighted by Crippen LogP contribution is -2.35. The van der Waals surface area contributed by atoms with Crippen LogP contribution in [0, 0.1) is 0 Å². The van der Waals surface area contributed by atoms with E-state index < -0.39 is 5.97 Å². The van der Waals surface area contributed by atoms with Crippen molar-refractivity contribution in [2.45, 2.75) is 19.4 Å². The number of nitrogens with zero attached hydrogens (tertiary/aromatic N) is 2. The molecule has 0 bridgehead atoms. The number of carbonyl (C=O) groups is 2. The molecule has 7 heteroatoms. The predicted octanol–water partition coefficient (Wildman–Crippen LogP) is 0.0848. The molecule has 7 nitrogen and oxygen atoms in total. The average Bonchev–Trinajstić information content (AvgIpc) is 3.00. The van der Waals surface area contributed by atoms with E-state index in [0.29, 0.717) is 12.3 Å². The number of hydrogen-bond acceptors (Lipinski definition) is 5. The Hall–Kier alpha value is -1.89. The summed E-state index contributed by atoms with van der Waals surface area (Å²) in [6, 6.07) is 1.34. The van der Waals surface area contributed by atoms with E-state index in [4.69, 9.17) is 9.63 Å². The van der Waals surface area contributed by atoms with Crippen LogP contribution in [0.4, 0.5) is 0 Å². The van der Waals surface area contributed by atoms with Crippen molar-refractivity contribution in [3.63, 3.8) is 0 Å². The van der Waals surface area contributed by atoms with Gasteiger partial charge in [-0.25, -0.2) is 4.79 Å². The maximum Gasteiger partial charge on any atom is 0.358 e. The van der Waals surface area contributed by atoms with Gasteiger partial charge in [-0.2, -0.15) is 0 Å². The van der Waals surface area contributed by atoms with Crippen molar-refractivity contribution in [1.82, 2.24) is 15.4 Å². The number of aromatic carboxylic acids is 1. The van der Waals surface area contributed by atoms with E-state index in [1.165, 1.54) is 6.07 Å². The minimum absolute atomic E-state index is 0.0606. The molecule has 2 N–H and O–H groups in total. The van der Waals surface area contributed by atoms with Crippen LogP contribution >= 0.6 is 0 Å². The normalized spacial score (nSPS) is 15.0. The second kappa shape index (κ2) is 5.63. The Bertz CT molecular complexity index is 437. The zero-order valence-electron chi connectivity index (χ0n) is 9.89. The van der Waals surface area contributed by atoms with Crippen LogP contribution in [0.1, 0.15) is 29.1 Å². The summed E-state index contributed by atoms with van der Waals surface area (Å²) >= 11 is 0. The van der Waals surface area contributed by atoms with Crippen molar-refractivity contribution in [2.24, 2.45) is 0 Å². The molecule has 1 aliphatic rings. The Morgan fingerprint density at radius 2 is 2.17 bits per heavy atom. The van der Waals surface area contributed by atoms with E-state index in [-0.39, 0.29) is 18.1 Å². The first-order chi connectivity index (χ1) is 8.66. The first kappa shape index (κ1) is 12.6. The molecular weight excluding hydrogens is 238 g/mol. The Labute approximate surface area is 104 Å². The molecule has 0 spiro atoms. The number of amides is 1. The SMILES string of the molecule is O=C(O)c1cc(CNCC(=O)N2CCCC2)on1. The lowest BCUT2D eigenvalue weighted by Gasteiger charge is -2.14. The van der Waals surface area contributed by atoms with Crippen molar-refractivity contribution >= 4 is 11.9 Å².